The summed E-state index contributed by atoms with van der Waals surface area (Å²) in [6.45, 7) is 14.1. The molecule has 0 aliphatic rings. The van der Waals surface area contributed by atoms with Crippen molar-refractivity contribution in [1.29, 1.82) is 0 Å². The number of aliphatic hydroxyl groups excluding tert-OH is 1. The van der Waals surface area contributed by atoms with Gasteiger partial charge in [0.2, 0.25) is 0 Å². The lowest BCUT2D eigenvalue weighted by molar-refractivity contribution is -0.161. The average Bonchev–Trinajstić information content (AvgIpc) is 3.57. The molecular formula is C72H140O17P2. The molecule has 0 aliphatic carbocycles. The third-order valence-electron chi connectivity index (χ3n) is 16.9. The first-order valence-electron chi connectivity index (χ1n) is 37.2. The molecule has 0 aliphatic heterocycles. The Hall–Kier alpha value is -1.94. The van der Waals surface area contributed by atoms with Crippen molar-refractivity contribution < 1.29 is 80.2 Å². The highest BCUT2D eigenvalue weighted by atomic mass is 31.2. The summed E-state index contributed by atoms with van der Waals surface area (Å²) in [6, 6.07) is 0. The number of unbranched alkanes of at least 4 members (excludes halogenated alkanes) is 34. The molecule has 0 amide bonds. The summed E-state index contributed by atoms with van der Waals surface area (Å²) in [4.78, 5) is 72.6. The predicted octanol–water partition coefficient (Wildman–Crippen LogP) is 20.5. The van der Waals surface area contributed by atoms with Gasteiger partial charge in [0.1, 0.15) is 19.3 Å². The summed E-state index contributed by atoms with van der Waals surface area (Å²) in [5.41, 5.74) is 0. The van der Waals surface area contributed by atoms with Crippen LogP contribution >= 0.6 is 15.6 Å². The van der Waals surface area contributed by atoms with Crippen molar-refractivity contribution in [2.45, 2.75) is 375 Å². The third kappa shape index (κ3) is 65.1. The van der Waals surface area contributed by atoms with Crippen LogP contribution in [0.3, 0.4) is 0 Å². The molecule has 17 nitrogen and oxygen atoms in total. The van der Waals surface area contributed by atoms with E-state index < -0.39 is 97.5 Å². The lowest BCUT2D eigenvalue weighted by Crippen LogP contribution is -2.30. The molecule has 0 radical (unpaired) electrons. The van der Waals surface area contributed by atoms with Crippen molar-refractivity contribution in [3.63, 3.8) is 0 Å². The Labute approximate surface area is 556 Å². The van der Waals surface area contributed by atoms with E-state index in [4.69, 9.17) is 37.0 Å². The minimum Gasteiger partial charge on any atom is -0.462 e. The first kappa shape index (κ1) is 89.1. The van der Waals surface area contributed by atoms with E-state index in [1.165, 1.54) is 154 Å². The molecule has 4 unspecified atom stereocenters. The predicted molar refractivity (Wildman–Crippen MR) is 367 cm³/mol. The topological polar surface area (TPSA) is 237 Å². The Morgan fingerprint density at radius 2 is 0.527 bits per heavy atom. The summed E-state index contributed by atoms with van der Waals surface area (Å²) < 4.78 is 68.4. The quantitative estimate of drug-likeness (QED) is 0.0222. The molecule has 0 saturated heterocycles. The molecule has 0 aromatic rings. The maximum absolute atomic E-state index is 13.0. The van der Waals surface area contributed by atoms with Crippen molar-refractivity contribution >= 4 is 39.5 Å². The molecule has 0 aromatic heterocycles. The summed E-state index contributed by atoms with van der Waals surface area (Å²) in [5.74, 6) is 0.901. The van der Waals surface area contributed by atoms with E-state index in [2.05, 4.69) is 55.4 Å². The Morgan fingerprint density at radius 3 is 0.780 bits per heavy atom. The van der Waals surface area contributed by atoms with E-state index in [9.17, 15) is 43.2 Å². The van der Waals surface area contributed by atoms with Gasteiger partial charge in [-0.2, -0.15) is 0 Å². The van der Waals surface area contributed by atoms with Crippen LogP contribution < -0.4 is 0 Å². The normalized spacial score (nSPS) is 14.5. The van der Waals surface area contributed by atoms with E-state index in [1.54, 1.807) is 0 Å². The zero-order chi connectivity index (χ0) is 67.5. The summed E-state index contributed by atoms with van der Waals surface area (Å²) in [5, 5.41) is 10.6. The molecule has 19 heteroatoms. The Morgan fingerprint density at radius 1 is 0.308 bits per heavy atom. The van der Waals surface area contributed by atoms with Crippen LogP contribution in [-0.2, 0) is 65.4 Å². The number of carbonyl (C=O) groups excluding carboxylic acids is 4. The minimum absolute atomic E-state index is 0.105. The monoisotopic (exact) mass is 1340 g/mol. The maximum Gasteiger partial charge on any atom is 0.472 e. The zero-order valence-corrected chi connectivity index (χ0v) is 61.3. The lowest BCUT2D eigenvalue weighted by Gasteiger charge is -2.21. The maximum atomic E-state index is 13.0. The number of aliphatic hydroxyl groups is 1. The van der Waals surface area contributed by atoms with Gasteiger partial charge < -0.3 is 33.8 Å². The van der Waals surface area contributed by atoms with Gasteiger partial charge in [-0.25, -0.2) is 9.13 Å². The molecule has 540 valence electrons. The first-order valence-corrected chi connectivity index (χ1v) is 40.2. The van der Waals surface area contributed by atoms with Crippen molar-refractivity contribution in [3.05, 3.63) is 0 Å². The number of phosphoric ester groups is 2. The SMILES string of the molecule is CCC(C)CCCCCCCCCCCCC(=O)OC[C@H](COP(=O)(O)OCC(O)COP(=O)(O)OC[C@@H](COC(=O)CCCCCCCCCC(C)C)OC(=O)CCCCCCCCCCCCCCC(C)C)OC(=O)CCCCCCCCCCCC(C)C. The van der Waals surface area contributed by atoms with Crippen molar-refractivity contribution in [2.75, 3.05) is 39.6 Å². The van der Waals surface area contributed by atoms with Gasteiger partial charge in [0, 0.05) is 25.7 Å². The van der Waals surface area contributed by atoms with E-state index >= 15 is 0 Å². The molecule has 6 atom stereocenters. The smallest absolute Gasteiger partial charge is 0.462 e. The third-order valence-corrected chi connectivity index (χ3v) is 18.8. The van der Waals surface area contributed by atoms with Crippen LogP contribution in [-0.4, -0.2) is 96.7 Å². The van der Waals surface area contributed by atoms with Gasteiger partial charge in [0.15, 0.2) is 12.2 Å². The minimum atomic E-state index is -4.95. The Kier molecular flexibility index (Phi) is 60.3. The van der Waals surface area contributed by atoms with E-state index in [0.29, 0.717) is 31.6 Å². The van der Waals surface area contributed by atoms with Gasteiger partial charge in [-0.3, -0.25) is 37.3 Å². The van der Waals surface area contributed by atoms with E-state index in [1.807, 2.05) is 0 Å². The number of carbonyl (C=O) groups is 4. The van der Waals surface area contributed by atoms with Crippen LogP contribution in [0.25, 0.3) is 0 Å². The number of hydrogen-bond acceptors (Lipinski definition) is 15. The number of hydrogen-bond donors (Lipinski definition) is 3. The number of rotatable bonds is 69. The fourth-order valence-corrected chi connectivity index (χ4v) is 12.4. The first-order chi connectivity index (χ1) is 43.6. The highest BCUT2D eigenvalue weighted by Gasteiger charge is 2.30. The largest absolute Gasteiger partial charge is 0.472 e. The van der Waals surface area contributed by atoms with Crippen LogP contribution in [0.1, 0.15) is 357 Å². The Balaban J connectivity index is 5.26. The van der Waals surface area contributed by atoms with Gasteiger partial charge in [-0.05, 0) is 49.4 Å². The van der Waals surface area contributed by atoms with Crippen LogP contribution in [0.4, 0.5) is 0 Å². The van der Waals surface area contributed by atoms with Crippen molar-refractivity contribution in [2.24, 2.45) is 23.7 Å². The van der Waals surface area contributed by atoms with Gasteiger partial charge >= 0.3 is 39.5 Å². The molecular weight excluding hydrogens is 1200 g/mol. The fourth-order valence-electron chi connectivity index (χ4n) is 10.8. The van der Waals surface area contributed by atoms with Crippen LogP contribution in [0.2, 0.25) is 0 Å². The van der Waals surface area contributed by atoms with Crippen molar-refractivity contribution in [3.8, 4) is 0 Å². The molecule has 0 spiro atoms. The second-order valence-electron chi connectivity index (χ2n) is 27.6. The second kappa shape index (κ2) is 61.6. The summed E-state index contributed by atoms with van der Waals surface area (Å²) >= 11 is 0. The molecule has 0 bridgehead atoms. The van der Waals surface area contributed by atoms with Gasteiger partial charge in [0.05, 0.1) is 26.4 Å². The molecule has 0 rings (SSSR count). The summed E-state index contributed by atoms with van der Waals surface area (Å²) in [7, 11) is -9.91. The van der Waals surface area contributed by atoms with Crippen LogP contribution in [0, 0.1) is 23.7 Å². The number of esters is 4. The Bertz CT molecular complexity index is 1800. The number of phosphoric acid groups is 2. The zero-order valence-electron chi connectivity index (χ0n) is 59.5. The molecule has 3 N–H and O–H groups in total. The van der Waals surface area contributed by atoms with Gasteiger partial charge in [-0.1, -0.05) is 306 Å². The summed E-state index contributed by atoms with van der Waals surface area (Å²) in [6.07, 6.45) is 44.4. The van der Waals surface area contributed by atoms with Crippen LogP contribution in [0.15, 0.2) is 0 Å². The van der Waals surface area contributed by atoms with E-state index in [0.717, 1.165) is 114 Å². The highest BCUT2D eigenvalue weighted by molar-refractivity contribution is 7.47. The standard InChI is InChI=1S/C72H140O17P2/c1-9-65(8)51-43-35-27-19-14-15-20-28-36-44-52-69(74)82-58-67(89-72(77)55-47-39-30-22-16-18-25-33-41-49-63(4)5)60-86-90(78,79)84-56-66(73)57-85-91(80,81)87-61-68(59-83-70(75)53-45-37-31-23-26-34-42-50-64(6)7)88-71(76)54-46-38-29-21-13-11-10-12-17-24-32-40-48-62(2)3/h62-68,73H,9-61H2,1-8H3,(H,78,79)(H,80,81)/t65?,66?,67-,68-/m1/s1. The van der Waals surface area contributed by atoms with E-state index in [-0.39, 0.29) is 25.7 Å². The average molecular weight is 1340 g/mol. The molecule has 0 fully saturated rings. The molecule has 0 heterocycles. The molecule has 0 saturated carbocycles. The van der Waals surface area contributed by atoms with Gasteiger partial charge in [0.25, 0.3) is 0 Å². The second-order valence-corrected chi connectivity index (χ2v) is 30.6. The highest BCUT2D eigenvalue weighted by Crippen LogP contribution is 2.45. The number of ether oxygens (including phenoxy) is 4. The lowest BCUT2D eigenvalue weighted by atomic mass is 9.99. The van der Waals surface area contributed by atoms with Crippen molar-refractivity contribution in [1.82, 2.24) is 0 Å². The van der Waals surface area contributed by atoms with Gasteiger partial charge in [-0.15, -0.1) is 0 Å². The van der Waals surface area contributed by atoms with Crippen LogP contribution in [0.5, 0.6) is 0 Å². The molecule has 91 heavy (non-hydrogen) atoms. The fraction of sp³-hybridized carbons (Fsp3) is 0.944. The molecule has 0 aromatic carbocycles.